The van der Waals surface area contributed by atoms with Crippen LogP contribution in [0.3, 0.4) is 0 Å². The number of aliphatic carboxylic acids is 1. The van der Waals surface area contributed by atoms with Gasteiger partial charge in [-0.15, -0.1) is 0 Å². The van der Waals surface area contributed by atoms with Crippen LogP contribution in [0.2, 0.25) is 5.02 Å². The lowest BCUT2D eigenvalue weighted by molar-refractivity contribution is -0.139. The maximum Gasteiger partial charge on any atom is 0.407 e. The summed E-state index contributed by atoms with van der Waals surface area (Å²) >= 11 is 6.71. The first-order valence-corrected chi connectivity index (χ1v) is 15.2. The van der Waals surface area contributed by atoms with Gasteiger partial charge in [0.2, 0.25) is 10.0 Å². The molecule has 4 rings (SSSR count). The molecule has 9 nitrogen and oxygen atoms in total. The van der Waals surface area contributed by atoms with E-state index < -0.39 is 28.1 Å². The molecule has 2 aromatic carbocycles. The number of aryl methyl sites for hydroxylation is 1. The van der Waals surface area contributed by atoms with Crippen molar-refractivity contribution in [3.63, 3.8) is 0 Å². The fourth-order valence-corrected chi connectivity index (χ4v) is 7.50. The molecule has 0 saturated heterocycles. The highest BCUT2D eigenvalue weighted by Gasteiger charge is 2.41. The molecule has 2 aliphatic rings. The molecule has 2 aromatic rings. The van der Waals surface area contributed by atoms with E-state index in [1.807, 2.05) is 35.2 Å². The number of hydrogen-bond donors (Lipinski definition) is 2. The van der Waals surface area contributed by atoms with E-state index in [4.69, 9.17) is 16.3 Å². The minimum Gasteiger partial charge on any atom is -0.480 e. The lowest BCUT2D eigenvalue weighted by Gasteiger charge is -2.36. The third kappa shape index (κ3) is 6.50. The Hall–Kier alpha value is -2.82. The number of amides is 1. The average molecular weight is 578 g/mol. The topological polar surface area (TPSA) is 116 Å². The van der Waals surface area contributed by atoms with Gasteiger partial charge in [0.05, 0.1) is 12.3 Å². The summed E-state index contributed by atoms with van der Waals surface area (Å²) in [6.45, 7) is 2.23. The number of fused-ring (bicyclic) bond motifs is 1. The monoisotopic (exact) mass is 577 g/mol. The number of carbonyl (C=O) groups excluding carboxylic acids is 1. The van der Waals surface area contributed by atoms with Crippen LogP contribution in [0.5, 0.6) is 0 Å². The highest BCUT2D eigenvalue weighted by molar-refractivity contribution is 7.89. The van der Waals surface area contributed by atoms with E-state index in [2.05, 4.69) is 5.32 Å². The number of rotatable bonds is 8. The second kappa shape index (κ2) is 12.6. The number of anilines is 2. The largest absolute Gasteiger partial charge is 0.480 e. The number of carboxylic acids is 1. The van der Waals surface area contributed by atoms with Crippen LogP contribution in [0, 0.1) is 5.92 Å². The van der Waals surface area contributed by atoms with Crippen molar-refractivity contribution >= 4 is 45.1 Å². The van der Waals surface area contributed by atoms with Crippen LogP contribution >= 0.6 is 11.6 Å². The van der Waals surface area contributed by atoms with E-state index >= 15 is 0 Å². The van der Waals surface area contributed by atoms with Crippen LogP contribution < -0.4 is 10.2 Å². The molecule has 1 heterocycles. The van der Waals surface area contributed by atoms with Crippen LogP contribution in [-0.4, -0.2) is 62.2 Å². The van der Waals surface area contributed by atoms with Crippen LogP contribution in [-0.2, 0) is 26.0 Å². The summed E-state index contributed by atoms with van der Waals surface area (Å²) in [6, 6.07) is 11.5. The first-order valence-electron chi connectivity index (χ1n) is 13.4. The molecule has 1 aliphatic heterocycles. The fourth-order valence-electron chi connectivity index (χ4n) is 5.62. The molecule has 0 unspecified atom stereocenters. The lowest BCUT2D eigenvalue weighted by Crippen LogP contribution is -2.46. The number of halogens is 1. The van der Waals surface area contributed by atoms with Crippen molar-refractivity contribution in [2.24, 2.45) is 5.92 Å². The summed E-state index contributed by atoms with van der Waals surface area (Å²) < 4.78 is 34.5. The van der Waals surface area contributed by atoms with E-state index in [1.165, 1.54) is 10.7 Å². The maximum absolute atomic E-state index is 14.1. The van der Waals surface area contributed by atoms with Gasteiger partial charge in [-0.05, 0) is 68.4 Å². The van der Waals surface area contributed by atoms with Gasteiger partial charge in [0, 0.05) is 30.3 Å². The molecule has 0 bridgehead atoms. The molecule has 0 spiro atoms. The van der Waals surface area contributed by atoms with Gasteiger partial charge in [-0.3, -0.25) is 0 Å². The molecule has 11 heteroatoms. The molecule has 1 aliphatic carbocycles. The zero-order chi connectivity index (χ0) is 28.2. The van der Waals surface area contributed by atoms with Crippen LogP contribution in [0.4, 0.5) is 16.2 Å². The van der Waals surface area contributed by atoms with Crippen molar-refractivity contribution in [3.8, 4) is 0 Å². The van der Waals surface area contributed by atoms with Gasteiger partial charge in [0.25, 0.3) is 0 Å². The van der Waals surface area contributed by atoms with Gasteiger partial charge in [-0.2, -0.15) is 4.31 Å². The second-order valence-corrected chi connectivity index (χ2v) is 12.5. The summed E-state index contributed by atoms with van der Waals surface area (Å²) in [4.78, 5) is 25.7. The predicted octanol–water partition coefficient (Wildman–Crippen LogP) is 5.19. The summed E-state index contributed by atoms with van der Waals surface area (Å²) in [5, 5.41) is 12.3. The van der Waals surface area contributed by atoms with E-state index in [0.717, 1.165) is 31.4 Å². The van der Waals surface area contributed by atoms with Crippen molar-refractivity contribution in [2.75, 3.05) is 25.1 Å². The molecule has 2 N–H and O–H groups in total. The molecule has 39 heavy (non-hydrogen) atoms. The van der Waals surface area contributed by atoms with E-state index in [-0.39, 0.29) is 36.3 Å². The van der Waals surface area contributed by atoms with Crippen molar-refractivity contribution in [1.29, 1.82) is 0 Å². The SMILES string of the molecule is CCOC(=O)N[C@H](CCc1cc2c(cc1Cl)N(c1ccccc1)C[C@@H](C1CCCCC1)N(C)S2(=O)=O)C(=O)O. The molecule has 1 amide bonds. The number of carboxylic acid groups (broad SMARTS) is 1. The Morgan fingerprint density at radius 2 is 1.85 bits per heavy atom. The normalized spacial score (nSPS) is 20.5. The fraction of sp³-hybridized carbons (Fsp3) is 0.500. The Morgan fingerprint density at radius 1 is 1.15 bits per heavy atom. The highest BCUT2D eigenvalue weighted by Crippen LogP contribution is 2.42. The number of likely N-dealkylation sites (N-methyl/N-ethyl adjacent to an activating group) is 1. The minimum absolute atomic E-state index is 0.00956. The minimum atomic E-state index is -3.89. The van der Waals surface area contributed by atoms with Crippen molar-refractivity contribution in [3.05, 3.63) is 53.1 Å². The molecular weight excluding hydrogens is 542 g/mol. The van der Waals surface area contributed by atoms with Gasteiger partial charge >= 0.3 is 12.1 Å². The molecule has 0 radical (unpaired) electrons. The standard InChI is InChI=1S/C28H36ClN3O6S/c1-3-38-28(35)30-23(27(33)34)15-14-20-16-26-24(17-22(20)29)32(21-12-8-5-9-13-21)18-25(31(2)39(26,36)37)19-10-6-4-7-11-19/h5,8-9,12-13,16-17,19,23,25H,3-4,6-7,10-11,14-15,18H2,1-2H3,(H,30,35)(H,33,34)/t23-,25+/m1/s1. The Bertz CT molecular complexity index is 1280. The van der Waals surface area contributed by atoms with Crippen molar-refractivity contribution < 1.29 is 27.9 Å². The second-order valence-electron chi connectivity index (χ2n) is 10.1. The van der Waals surface area contributed by atoms with Gasteiger partial charge in [-0.25, -0.2) is 18.0 Å². The summed E-state index contributed by atoms with van der Waals surface area (Å²) in [5.41, 5.74) is 1.87. The number of para-hydroxylation sites is 1. The predicted molar refractivity (Wildman–Crippen MR) is 150 cm³/mol. The number of nitrogens with zero attached hydrogens (tertiary/aromatic N) is 2. The van der Waals surface area contributed by atoms with Crippen LogP contribution in [0.15, 0.2) is 47.4 Å². The summed E-state index contributed by atoms with van der Waals surface area (Å²) in [6.07, 6.45) is 4.65. The number of ether oxygens (including phenoxy) is 1. The molecule has 1 fully saturated rings. The van der Waals surface area contributed by atoms with Crippen LogP contribution in [0.1, 0.15) is 51.0 Å². The Balaban J connectivity index is 1.73. The smallest absolute Gasteiger partial charge is 0.407 e. The molecule has 1 saturated carbocycles. The third-order valence-corrected chi connectivity index (χ3v) is 10.0. The maximum atomic E-state index is 14.1. The van der Waals surface area contributed by atoms with Gasteiger partial charge < -0.3 is 20.1 Å². The Morgan fingerprint density at radius 3 is 2.49 bits per heavy atom. The van der Waals surface area contributed by atoms with Crippen LogP contribution in [0.25, 0.3) is 0 Å². The van der Waals surface area contributed by atoms with Crippen molar-refractivity contribution in [1.82, 2.24) is 9.62 Å². The zero-order valence-corrected chi connectivity index (χ0v) is 23.9. The Labute approximate surface area is 235 Å². The third-order valence-electron chi connectivity index (χ3n) is 7.74. The van der Waals surface area contributed by atoms with Gasteiger partial charge in [0.15, 0.2) is 0 Å². The van der Waals surface area contributed by atoms with E-state index in [9.17, 15) is 23.1 Å². The zero-order valence-electron chi connectivity index (χ0n) is 22.3. The van der Waals surface area contributed by atoms with Gasteiger partial charge in [-0.1, -0.05) is 49.1 Å². The number of nitrogens with one attached hydrogen (secondary N) is 1. The number of hydrogen-bond acceptors (Lipinski definition) is 6. The Kier molecular flexibility index (Phi) is 9.40. The van der Waals surface area contributed by atoms with Gasteiger partial charge in [0.1, 0.15) is 10.9 Å². The first kappa shape index (κ1) is 29.2. The summed E-state index contributed by atoms with van der Waals surface area (Å²) in [5.74, 6) is -0.967. The van der Waals surface area contributed by atoms with Crippen molar-refractivity contribution in [2.45, 2.75) is 68.8 Å². The quantitative estimate of drug-likeness (QED) is 0.443. The number of carbonyl (C=O) groups is 2. The number of sulfonamides is 1. The average Bonchev–Trinajstić information content (AvgIpc) is 3.00. The highest BCUT2D eigenvalue weighted by atomic mass is 35.5. The van der Waals surface area contributed by atoms with E-state index in [0.29, 0.717) is 22.8 Å². The number of alkyl carbamates (subject to hydrolysis) is 1. The lowest BCUT2D eigenvalue weighted by atomic mass is 9.83. The molecule has 212 valence electrons. The first-order chi connectivity index (χ1) is 18.6. The summed E-state index contributed by atoms with van der Waals surface area (Å²) in [7, 11) is -2.23. The molecule has 0 aromatic heterocycles. The number of benzene rings is 2. The molecular formula is C28H36ClN3O6S. The molecule has 2 atom stereocenters. The van der Waals surface area contributed by atoms with E-state index in [1.54, 1.807) is 26.1 Å².